The molecule has 0 bridgehead atoms. The van der Waals surface area contributed by atoms with Gasteiger partial charge < -0.3 is 10.2 Å². The van der Waals surface area contributed by atoms with Crippen LogP contribution in [0.5, 0.6) is 0 Å². The highest BCUT2D eigenvalue weighted by Crippen LogP contribution is 2.39. The zero-order valence-corrected chi connectivity index (χ0v) is 19.2. The Morgan fingerprint density at radius 1 is 1.06 bits per heavy atom. The third-order valence-electron chi connectivity index (χ3n) is 6.70. The van der Waals surface area contributed by atoms with E-state index in [2.05, 4.69) is 71.4 Å². The van der Waals surface area contributed by atoms with Gasteiger partial charge in [0.1, 0.15) is 5.82 Å². The number of benzene rings is 2. The van der Waals surface area contributed by atoms with Crippen molar-refractivity contribution in [1.82, 2.24) is 9.27 Å². The molecular weight excluding hydrogens is 404 g/mol. The number of amides is 1. The number of para-hydroxylation sites is 1. The number of nitrogens with one attached hydrogen (secondary N) is 1. The fraction of sp³-hybridized carbons (Fsp3) is 0.440. The molecule has 1 aromatic heterocycles. The Kier molecular flexibility index (Phi) is 5.44. The fourth-order valence-electron chi connectivity index (χ4n) is 4.98. The number of piperazine rings is 1. The first-order chi connectivity index (χ1) is 15.0. The molecule has 1 amide bonds. The topological polar surface area (TPSA) is 48.5 Å². The van der Waals surface area contributed by atoms with E-state index < -0.39 is 0 Å². The van der Waals surface area contributed by atoms with Crippen molar-refractivity contribution >= 4 is 39.0 Å². The summed E-state index contributed by atoms with van der Waals surface area (Å²) in [5.41, 5.74) is 3.51. The van der Waals surface area contributed by atoms with Gasteiger partial charge in [0, 0.05) is 49.1 Å². The number of hydrogen-bond acceptors (Lipinski definition) is 5. The maximum atomic E-state index is 12.2. The number of aromatic nitrogens is 1. The summed E-state index contributed by atoms with van der Waals surface area (Å²) in [5.74, 6) is 1.28. The van der Waals surface area contributed by atoms with E-state index in [1.54, 1.807) is 11.5 Å². The highest BCUT2D eigenvalue weighted by molar-refractivity contribution is 7.13. The van der Waals surface area contributed by atoms with Crippen LogP contribution < -0.4 is 10.2 Å². The van der Waals surface area contributed by atoms with Crippen molar-refractivity contribution in [3.05, 3.63) is 53.6 Å². The molecule has 0 saturated carbocycles. The van der Waals surface area contributed by atoms with Crippen LogP contribution in [0.2, 0.25) is 0 Å². The van der Waals surface area contributed by atoms with Crippen LogP contribution in [0, 0.1) is 0 Å². The number of anilines is 2. The molecule has 0 aliphatic carbocycles. The maximum Gasteiger partial charge on any atom is 0.225 e. The van der Waals surface area contributed by atoms with Crippen molar-refractivity contribution in [2.75, 3.05) is 42.9 Å². The molecule has 6 heteroatoms. The van der Waals surface area contributed by atoms with Crippen LogP contribution >= 0.6 is 11.5 Å². The van der Waals surface area contributed by atoms with Crippen molar-refractivity contribution in [1.29, 1.82) is 0 Å². The van der Waals surface area contributed by atoms with Crippen LogP contribution in [0.4, 0.5) is 11.5 Å². The summed E-state index contributed by atoms with van der Waals surface area (Å²) in [7, 11) is 0. The first-order valence-corrected chi connectivity index (χ1v) is 12.0. The van der Waals surface area contributed by atoms with Crippen molar-refractivity contribution in [3.63, 3.8) is 0 Å². The zero-order chi connectivity index (χ0) is 21.4. The Labute approximate surface area is 188 Å². The Bertz CT molecular complexity index is 1100. The molecule has 5 rings (SSSR count). The highest BCUT2D eigenvalue weighted by atomic mass is 32.1. The zero-order valence-electron chi connectivity index (χ0n) is 18.4. The summed E-state index contributed by atoms with van der Waals surface area (Å²) >= 11 is 1.60. The van der Waals surface area contributed by atoms with Crippen LogP contribution in [0.1, 0.15) is 37.8 Å². The molecule has 2 aliphatic heterocycles. The predicted octanol–water partition coefficient (Wildman–Crippen LogP) is 4.67. The van der Waals surface area contributed by atoms with Gasteiger partial charge in [-0.25, -0.2) is 0 Å². The van der Waals surface area contributed by atoms with Gasteiger partial charge in [0.15, 0.2) is 0 Å². The van der Waals surface area contributed by atoms with E-state index in [0.717, 1.165) is 57.1 Å². The molecular formula is C25H30N4OS. The van der Waals surface area contributed by atoms with E-state index in [0.29, 0.717) is 6.42 Å². The molecule has 5 nitrogen and oxygen atoms in total. The van der Waals surface area contributed by atoms with E-state index in [1.807, 2.05) is 0 Å². The minimum absolute atomic E-state index is 0.0934. The maximum absolute atomic E-state index is 12.2. The summed E-state index contributed by atoms with van der Waals surface area (Å²) < 4.78 is 5.98. The molecule has 0 radical (unpaired) electrons. The largest absolute Gasteiger partial charge is 0.353 e. The fourth-order valence-corrected chi connectivity index (χ4v) is 5.77. The Morgan fingerprint density at radius 3 is 2.71 bits per heavy atom. The smallest absolute Gasteiger partial charge is 0.225 e. The first-order valence-electron chi connectivity index (χ1n) is 11.3. The lowest BCUT2D eigenvalue weighted by Crippen LogP contribution is -2.46. The van der Waals surface area contributed by atoms with E-state index in [9.17, 15) is 4.79 Å². The van der Waals surface area contributed by atoms with Crippen LogP contribution in [0.15, 0.2) is 42.5 Å². The summed E-state index contributed by atoms with van der Waals surface area (Å²) in [5, 5.41) is 4.42. The standard InChI is InChI=1S/C25H30N4OS/c1-25(2)17-22(30)26-23-18(7-5-10-20(23)25)8-6-12-28-13-15-29(16-14-28)24-19-9-3-4-11-21(19)31-27-24/h3-5,7,9-11H,6,8,12-17H2,1-2H3,(H,26,30). The number of rotatable bonds is 5. The molecule has 162 valence electrons. The number of carbonyl (C=O) groups excluding carboxylic acids is 1. The third kappa shape index (κ3) is 4.06. The first kappa shape index (κ1) is 20.5. The van der Waals surface area contributed by atoms with Gasteiger partial charge in [-0.05, 0) is 54.2 Å². The summed E-state index contributed by atoms with van der Waals surface area (Å²) in [4.78, 5) is 17.2. The summed E-state index contributed by atoms with van der Waals surface area (Å²) in [6.07, 6.45) is 2.66. The number of aryl methyl sites for hydroxylation is 1. The number of carbonyl (C=O) groups is 1. The second-order valence-electron chi connectivity index (χ2n) is 9.38. The third-order valence-corrected chi connectivity index (χ3v) is 7.51. The Balaban J connectivity index is 1.17. The highest BCUT2D eigenvalue weighted by Gasteiger charge is 2.32. The molecule has 31 heavy (non-hydrogen) atoms. The van der Waals surface area contributed by atoms with Gasteiger partial charge in [0.2, 0.25) is 5.91 Å². The van der Waals surface area contributed by atoms with Gasteiger partial charge in [0.05, 0.1) is 4.70 Å². The van der Waals surface area contributed by atoms with Crippen LogP contribution in [0.3, 0.4) is 0 Å². The molecule has 1 N–H and O–H groups in total. The predicted molar refractivity (Wildman–Crippen MR) is 129 cm³/mol. The van der Waals surface area contributed by atoms with Gasteiger partial charge in [-0.1, -0.05) is 44.2 Å². The molecule has 2 aliphatic rings. The summed E-state index contributed by atoms with van der Waals surface area (Å²) in [6, 6.07) is 15.0. The molecule has 1 fully saturated rings. The van der Waals surface area contributed by atoms with Crippen molar-refractivity contribution < 1.29 is 4.79 Å². The molecule has 3 heterocycles. The van der Waals surface area contributed by atoms with Crippen molar-refractivity contribution in [2.24, 2.45) is 0 Å². The lowest BCUT2D eigenvalue weighted by Gasteiger charge is -2.35. The average Bonchev–Trinajstić information content (AvgIpc) is 3.18. The second-order valence-corrected chi connectivity index (χ2v) is 10.2. The average molecular weight is 435 g/mol. The number of fused-ring (bicyclic) bond motifs is 2. The molecule has 0 atom stereocenters. The van der Waals surface area contributed by atoms with E-state index in [4.69, 9.17) is 4.37 Å². The number of nitrogens with zero attached hydrogens (tertiary/aromatic N) is 3. The lowest BCUT2D eigenvalue weighted by molar-refractivity contribution is -0.117. The van der Waals surface area contributed by atoms with Gasteiger partial charge in [-0.3, -0.25) is 9.69 Å². The quantitative estimate of drug-likeness (QED) is 0.634. The van der Waals surface area contributed by atoms with Crippen LogP contribution in [-0.4, -0.2) is 47.9 Å². The lowest BCUT2D eigenvalue weighted by atomic mass is 9.77. The number of hydrogen-bond donors (Lipinski definition) is 1. The molecule has 3 aromatic rings. The SMILES string of the molecule is CC1(C)CC(=O)Nc2c(CCCN3CCN(c4nsc5ccccc45)CC3)cccc21. The van der Waals surface area contributed by atoms with Crippen LogP contribution in [0.25, 0.3) is 10.1 Å². The molecule has 2 aromatic carbocycles. The van der Waals surface area contributed by atoms with Crippen molar-refractivity contribution in [3.8, 4) is 0 Å². The minimum Gasteiger partial charge on any atom is -0.353 e. The monoisotopic (exact) mass is 434 g/mol. The van der Waals surface area contributed by atoms with E-state index in [1.165, 1.54) is 21.2 Å². The molecule has 0 spiro atoms. The van der Waals surface area contributed by atoms with E-state index >= 15 is 0 Å². The Hall–Kier alpha value is -2.44. The van der Waals surface area contributed by atoms with Gasteiger partial charge >= 0.3 is 0 Å². The van der Waals surface area contributed by atoms with E-state index in [-0.39, 0.29) is 11.3 Å². The summed E-state index contributed by atoms with van der Waals surface area (Å²) in [6.45, 7) is 9.62. The van der Waals surface area contributed by atoms with Crippen molar-refractivity contribution in [2.45, 2.75) is 38.5 Å². The normalized spacial score (nSPS) is 18.8. The Morgan fingerprint density at radius 2 is 1.87 bits per heavy atom. The minimum atomic E-state index is -0.0934. The van der Waals surface area contributed by atoms with Gasteiger partial charge in [0.25, 0.3) is 0 Å². The van der Waals surface area contributed by atoms with Crippen LogP contribution in [-0.2, 0) is 16.6 Å². The molecule has 0 unspecified atom stereocenters. The second kappa shape index (κ2) is 8.24. The van der Waals surface area contributed by atoms with Gasteiger partial charge in [-0.2, -0.15) is 4.37 Å². The molecule has 1 saturated heterocycles. The van der Waals surface area contributed by atoms with Gasteiger partial charge in [-0.15, -0.1) is 0 Å².